The Morgan fingerprint density at radius 2 is 1.89 bits per heavy atom. The molecule has 0 aromatic carbocycles. The summed E-state index contributed by atoms with van der Waals surface area (Å²) in [7, 11) is 0. The number of rotatable bonds is 16. The number of amides is 3. The molecular formula is C29H47N3O4S. The summed E-state index contributed by atoms with van der Waals surface area (Å²) in [6.45, 7) is 16.1. The molecule has 37 heavy (non-hydrogen) atoms. The van der Waals surface area contributed by atoms with Gasteiger partial charge in [-0.2, -0.15) is 0 Å². The first-order valence-electron chi connectivity index (χ1n) is 14.2. The van der Waals surface area contributed by atoms with Crippen molar-refractivity contribution in [3.05, 3.63) is 25.3 Å². The van der Waals surface area contributed by atoms with Gasteiger partial charge < -0.3 is 19.8 Å². The van der Waals surface area contributed by atoms with Gasteiger partial charge in [-0.05, 0) is 51.9 Å². The third kappa shape index (κ3) is 5.65. The number of thioether (sulfide) groups is 1. The van der Waals surface area contributed by atoms with E-state index in [9.17, 15) is 19.5 Å². The van der Waals surface area contributed by atoms with Crippen LogP contribution in [-0.2, 0) is 14.4 Å². The number of nitrogens with zero attached hydrogens (tertiary/aromatic N) is 3. The summed E-state index contributed by atoms with van der Waals surface area (Å²) in [5, 5.41) is 9.31. The highest BCUT2D eigenvalue weighted by atomic mass is 32.2. The second kappa shape index (κ2) is 13.3. The van der Waals surface area contributed by atoms with E-state index in [-0.39, 0.29) is 35.6 Å². The summed E-state index contributed by atoms with van der Waals surface area (Å²) in [5.41, 5.74) is 0. The Balaban J connectivity index is 2.00. The zero-order valence-corrected chi connectivity index (χ0v) is 23.9. The number of aliphatic hydroxyl groups is 1. The van der Waals surface area contributed by atoms with E-state index >= 15 is 0 Å². The van der Waals surface area contributed by atoms with E-state index in [2.05, 4.69) is 33.9 Å². The topological polar surface area (TPSA) is 81.2 Å². The van der Waals surface area contributed by atoms with Crippen molar-refractivity contribution >= 4 is 29.5 Å². The van der Waals surface area contributed by atoms with Gasteiger partial charge in [-0.25, -0.2) is 0 Å². The van der Waals surface area contributed by atoms with E-state index in [0.29, 0.717) is 32.6 Å². The van der Waals surface area contributed by atoms with Crippen LogP contribution in [0.25, 0.3) is 0 Å². The molecular weight excluding hydrogens is 486 g/mol. The van der Waals surface area contributed by atoms with E-state index < -0.39 is 22.6 Å². The van der Waals surface area contributed by atoms with E-state index in [1.165, 1.54) is 0 Å². The van der Waals surface area contributed by atoms with Gasteiger partial charge in [0.2, 0.25) is 17.7 Å². The Kier molecular flexibility index (Phi) is 10.7. The van der Waals surface area contributed by atoms with E-state index in [0.717, 1.165) is 44.9 Å². The number of carbonyl (C=O) groups is 3. The van der Waals surface area contributed by atoms with Crippen molar-refractivity contribution in [1.82, 2.24) is 14.7 Å². The van der Waals surface area contributed by atoms with Gasteiger partial charge in [0.15, 0.2) is 0 Å². The summed E-state index contributed by atoms with van der Waals surface area (Å²) in [6, 6.07) is -0.517. The van der Waals surface area contributed by atoms with Gasteiger partial charge in [0, 0.05) is 44.1 Å². The fourth-order valence-electron chi connectivity index (χ4n) is 6.81. The third-order valence-corrected chi connectivity index (χ3v) is 10.3. The van der Waals surface area contributed by atoms with Crippen molar-refractivity contribution < 1.29 is 19.5 Å². The molecule has 0 aliphatic carbocycles. The molecule has 1 N–H and O–H groups in total. The van der Waals surface area contributed by atoms with Crippen molar-refractivity contribution in [3.63, 3.8) is 0 Å². The van der Waals surface area contributed by atoms with E-state index in [1.807, 2.05) is 14.7 Å². The highest BCUT2D eigenvalue weighted by Gasteiger charge is 2.74. The molecule has 6 atom stereocenters. The zero-order valence-electron chi connectivity index (χ0n) is 23.1. The van der Waals surface area contributed by atoms with Crippen molar-refractivity contribution in [3.8, 4) is 0 Å². The summed E-state index contributed by atoms with van der Waals surface area (Å²) in [6.07, 6.45) is 10.1. The van der Waals surface area contributed by atoms with Crippen LogP contribution in [0, 0.1) is 11.8 Å². The average molecular weight is 534 g/mol. The summed E-state index contributed by atoms with van der Waals surface area (Å²) >= 11 is 1.74. The van der Waals surface area contributed by atoms with Gasteiger partial charge in [-0.15, -0.1) is 24.9 Å². The van der Waals surface area contributed by atoms with Crippen molar-refractivity contribution in [2.45, 2.75) is 94.2 Å². The fraction of sp³-hybridized carbons (Fsp3) is 0.759. The minimum absolute atomic E-state index is 0.00314. The van der Waals surface area contributed by atoms with Gasteiger partial charge in [0.1, 0.15) is 6.04 Å². The molecule has 3 heterocycles. The van der Waals surface area contributed by atoms with Crippen LogP contribution in [0.15, 0.2) is 25.3 Å². The lowest BCUT2D eigenvalue weighted by atomic mass is 9.70. The molecule has 0 aromatic rings. The van der Waals surface area contributed by atoms with Crippen LogP contribution in [0.3, 0.4) is 0 Å². The van der Waals surface area contributed by atoms with Crippen LogP contribution in [0.4, 0.5) is 0 Å². The number of hydrogen-bond acceptors (Lipinski definition) is 5. The van der Waals surface area contributed by atoms with Crippen LogP contribution < -0.4 is 0 Å². The number of carbonyl (C=O) groups excluding carboxylic acids is 3. The van der Waals surface area contributed by atoms with Crippen LogP contribution >= 0.6 is 11.8 Å². The molecule has 0 saturated carbocycles. The quantitative estimate of drug-likeness (QED) is 0.241. The molecule has 3 fully saturated rings. The van der Waals surface area contributed by atoms with Gasteiger partial charge in [0.05, 0.1) is 16.6 Å². The largest absolute Gasteiger partial charge is 0.396 e. The molecule has 3 aliphatic heterocycles. The first-order chi connectivity index (χ1) is 17.8. The third-order valence-electron chi connectivity index (χ3n) is 8.38. The number of unbranched alkanes of at least 4 members (excludes halogenated alkanes) is 2. The number of fused-ring (bicyclic) bond motifs is 1. The normalized spacial score (nSPS) is 28.8. The predicted octanol–water partition coefficient (Wildman–Crippen LogP) is 3.87. The lowest BCUT2D eigenvalue weighted by molar-refractivity contribution is -0.145. The molecule has 7 nitrogen and oxygen atoms in total. The SMILES string of the molecule is C=CCN(CCC)C(=O)[C@@H]1[C@@H]2CCC3(S2)C(C(=O)N(CC=C)C(C)CCC)N(CCCCCO)C(=O)[C@H]13. The van der Waals surface area contributed by atoms with Crippen molar-refractivity contribution in [1.29, 1.82) is 0 Å². The monoisotopic (exact) mass is 533 g/mol. The highest BCUT2D eigenvalue weighted by molar-refractivity contribution is 8.02. The molecule has 3 rings (SSSR count). The maximum atomic E-state index is 14.4. The molecule has 3 saturated heterocycles. The Hall–Kier alpha value is -1.80. The van der Waals surface area contributed by atoms with Crippen LogP contribution in [0.1, 0.15) is 72.1 Å². The Morgan fingerprint density at radius 1 is 1.16 bits per heavy atom. The first-order valence-corrected chi connectivity index (χ1v) is 15.1. The molecule has 3 aliphatic rings. The molecule has 208 valence electrons. The van der Waals surface area contributed by atoms with Gasteiger partial charge in [-0.3, -0.25) is 14.4 Å². The predicted molar refractivity (Wildman–Crippen MR) is 150 cm³/mol. The molecule has 3 amide bonds. The van der Waals surface area contributed by atoms with Crippen molar-refractivity contribution in [2.24, 2.45) is 11.8 Å². The van der Waals surface area contributed by atoms with Crippen LogP contribution in [0.5, 0.6) is 0 Å². The Labute approximate surface area is 227 Å². The molecule has 0 aromatic heterocycles. The Morgan fingerprint density at radius 3 is 2.51 bits per heavy atom. The van der Waals surface area contributed by atoms with Gasteiger partial charge in [-0.1, -0.05) is 32.4 Å². The second-order valence-electron chi connectivity index (χ2n) is 10.9. The Bertz CT molecular complexity index is 851. The molecule has 0 radical (unpaired) electrons. The van der Waals surface area contributed by atoms with E-state index in [4.69, 9.17) is 0 Å². The standard InChI is InChI=1S/C29H47N3O4S/c1-6-13-21(5)31(18-9-4)28(36)25-29-15-14-22(37-29)23(26(34)30(16-7-2)17-8-3)24(29)27(35)32(25)19-11-10-12-20-33/h7,9,21-25,33H,2,4,6,8,10-20H2,1,3,5H3/t21?,22-,23+,24-,25?,29?/m0/s1. The summed E-state index contributed by atoms with van der Waals surface area (Å²) in [5.74, 6) is -0.859. The van der Waals surface area contributed by atoms with Gasteiger partial charge in [0.25, 0.3) is 0 Å². The number of likely N-dealkylation sites (tertiary alicyclic amines) is 1. The lowest BCUT2D eigenvalue weighted by Crippen LogP contribution is -2.56. The maximum Gasteiger partial charge on any atom is 0.247 e. The number of hydrogen-bond donors (Lipinski definition) is 1. The van der Waals surface area contributed by atoms with E-state index in [1.54, 1.807) is 23.9 Å². The summed E-state index contributed by atoms with van der Waals surface area (Å²) < 4.78 is -0.562. The maximum absolute atomic E-state index is 14.4. The molecule has 8 heteroatoms. The smallest absolute Gasteiger partial charge is 0.247 e. The molecule has 1 spiro atoms. The van der Waals surface area contributed by atoms with Gasteiger partial charge >= 0.3 is 0 Å². The average Bonchev–Trinajstić information content (AvgIpc) is 3.52. The molecule has 3 unspecified atom stereocenters. The summed E-state index contributed by atoms with van der Waals surface area (Å²) in [4.78, 5) is 47.9. The highest BCUT2D eigenvalue weighted by Crippen LogP contribution is 2.66. The molecule has 2 bridgehead atoms. The second-order valence-corrected chi connectivity index (χ2v) is 12.5. The van der Waals surface area contributed by atoms with Crippen molar-refractivity contribution in [2.75, 3.05) is 32.8 Å². The first kappa shape index (κ1) is 29.8. The fourth-order valence-corrected chi connectivity index (χ4v) is 9.02. The lowest BCUT2D eigenvalue weighted by Gasteiger charge is -2.39. The zero-order chi connectivity index (χ0) is 27.2. The van der Waals surface area contributed by atoms with Crippen LogP contribution in [0.2, 0.25) is 0 Å². The number of aliphatic hydroxyl groups excluding tert-OH is 1. The van der Waals surface area contributed by atoms with Crippen LogP contribution in [-0.4, -0.2) is 92.4 Å². The minimum Gasteiger partial charge on any atom is -0.396 e. The minimum atomic E-state index is -0.565.